The van der Waals surface area contributed by atoms with Gasteiger partial charge in [-0.2, -0.15) is 0 Å². The van der Waals surface area contributed by atoms with Crippen molar-refractivity contribution >= 4 is 5.90 Å². The summed E-state index contributed by atoms with van der Waals surface area (Å²) in [5.74, 6) is 1.69. The molecule has 2 rings (SSSR count). The molecular formula is C21H42N2O2. The number of rotatable bonds is 8. The van der Waals surface area contributed by atoms with Crippen LogP contribution in [0, 0.1) is 11.8 Å². The second-order valence-corrected chi connectivity index (χ2v) is 7.54. The molecule has 4 nitrogen and oxygen atoms in total. The van der Waals surface area contributed by atoms with Crippen LogP contribution in [0.4, 0.5) is 0 Å². The molecule has 2 unspecified atom stereocenters. The number of nitrogens with zero attached hydrogens (tertiary/aromatic N) is 2. The van der Waals surface area contributed by atoms with Gasteiger partial charge in [-0.05, 0) is 44.7 Å². The Morgan fingerprint density at radius 3 is 2.16 bits per heavy atom. The van der Waals surface area contributed by atoms with E-state index in [4.69, 9.17) is 9.57 Å². The quantitative estimate of drug-likeness (QED) is 0.580. The molecule has 0 aliphatic carbocycles. The van der Waals surface area contributed by atoms with Crippen molar-refractivity contribution in [3.05, 3.63) is 0 Å². The zero-order valence-electron chi connectivity index (χ0n) is 17.6. The average molecular weight is 355 g/mol. The van der Waals surface area contributed by atoms with Crippen molar-refractivity contribution in [1.82, 2.24) is 4.90 Å². The molecule has 0 bridgehead atoms. The van der Waals surface area contributed by atoms with Gasteiger partial charge in [-0.25, -0.2) is 0 Å². The molecule has 0 aromatic carbocycles. The van der Waals surface area contributed by atoms with Gasteiger partial charge in [0.1, 0.15) is 0 Å². The number of oxime groups is 1. The maximum absolute atomic E-state index is 6.41. The summed E-state index contributed by atoms with van der Waals surface area (Å²) < 4.78 is 6.41. The van der Waals surface area contributed by atoms with E-state index < -0.39 is 0 Å². The van der Waals surface area contributed by atoms with Crippen LogP contribution in [0.15, 0.2) is 5.16 Å². The fourth-order valence-electron chi connectivity index (χ4n) is 3.77. The minimum absolute atomic E-state index is 0.0737. The molecular weight excluding hydrogens is 312 g/mol. The van der Waals surface area contributed by atoms with E-state index in [0.29, 0.717) is 11.8 Å². The summed E-state index contributed by atoms with van der Waals surface area (Å²) >= 11 is 0. The van der Waals surface area contributed by atoms with Gasteiger partial charge < -0.3 is 9.57 Å². The van der Waals surface area contributed by atoms with Crippen molar-refractivity contribution in [2.24, 2.45) is 17.0 Å². The lowest BCUT2D eigenvalue weighted by atomic mass is 9.96. The first-order valence-electron chi connectivity index (χ1n) is 10.8. The molecule has 0 radical (unpaired) electrons. The first-order chi connectivity index (χ1) is 12.2. The number of likely N-dealkylation sites (tertiary alicyclic amines) is 1. The van der Waals surface area contributed by atoms with Crippen molar-refractivity contribution in [2.45, 2.75) is 98.7 Å². The molecule has 4 heteroatoms. The number of ether oxygens (including phenoxy) is 1. The molecule has 2 heterocycles. The van der Waals surface area contributed by atoms with Crippen LogP contribution in [-0.4, -0.2) is 42.6 Å². The molecule has 1 saturated heterocycles. The molecule has 0 N–H and O–H groups in total. The van der Waals surface area contributed by atoms with Gasteiger partial charge in [0, 0.05) is 12.5 Å². The van der Waals surface area contributed by atoms with E-state index in [1.54, 1.807) is 0 Å². The van der Waals surface area contributed by atoms with E-state index in [9.17, 15) is 0 Å². The summed E-state index contributed by atoms with van der Waals surface area (Å²) in [4.78, 5) is 8.46. The lowest BCUT2D eigenvalue weighted by Gasteiger charge is -2.38. The van der Waals surface area contributed by atoms with Crippen LogP contribution in [0.3, 0.4) is 0 Å². The lowest BCUT2D eigenvalue weighted by Crippen LogP contribution is -2.49. The van der Waals surface area contributed by atoms with Gasteiger partial charge in [0.2, 0.25) is 5.90 Å². The molecule has 0 amide bonds. The van der Waals surface area contributed by atoms with Crippen molar-refractivity contribution in [3.8, 4) is 0 Å². The summed E-state index contributed by atoms with van der Waals surface area (Å²) in [6.07, 6.45) is 8.80. The highest BCUT2D eigenvalue weighted by atomic mass is 16.7. The van der Waals surface area contributed by atoms with Gasteiger partial charge in [0.15, 0.2) is 12.2 Å². The number of piperidine rings is 1. The van der Waals surface area contributed by atoms with Crippen LogP contribution >= 0.6 is 0 Å². The molecule has 0 spiro atoms. The zero-order valence-corrected chi connectivity index (χ0v) is 17.6. The van der Waals surface area contributed by atoms with Crippen LogP contribution in [0.1, 0.15) is 86.5 Å². The standard InChI is InChI=1S/C19H36N2O2.C2H6/c1-5-10-16(11-6-2)19-20-23-18(15(3)4)17(22-19)14-21-12-8-7-9-13-21;1-2/h15-18H,5-14H2,1-4H3;1-2H3. The number of hydrogen-bond donors (Lipinski definition) is 0. The van der Waals surface area contributed by atoms with Gasteiger partial charge >= 0.3 is 0 Å². The first kappa shape index (κ1) is 22.3. The molecule has 2 aliphatic rings. The minimum atomic E-state index is 0.0737. The third-order valence-corrected chi connectivity index (χ3v) is 5.07. The molecule has 0 aromatic rings. The van der Waals surface area contributed by atoms with E-state index in [1.165, 1.54) is 32.4 Å². The predicted octanol–water partition coefficient (Wildman–Crippen LogP) is 5.47. The Morgan fingerprint density at radius 1 is 1.04 bits per heavy atom. The van der Waals surface area contributed by atoms with Crippen molar-refractivity contribution in [3.63, 3.8) is 0 Å². The highest BCUT2D eigenvalue weighted by molar-refractivity contribution is 5.78. The van der Waals surface area contributed by atoms with Crippen LogP contribution in [0.2, 0.25) is 0 Å². The summed E-state index contributed by atoms with van der Waals surface area (Å²) in [6, 6.07) is 0. The molecule has 2 aliphatic heterocycles. The monoisotopic (exact) mass is 354 g/mol. The lowest BCUT2D eigenvalue weighted by molar-refractivity contribution is -0.0968. The van der Waals surface area contributed by atoms with Gasteiger partial charge in [0.05, 0.1) is 0 Å². The topological polar surface area (TPSA) is 34.1 Å². The average Bonchev–Trinajstić information content (AvgIpc) is 2.64. The Bertz CT molecular complexity index is 359. The van der Waals surface area contributed by atoms with E-state index in [1.807, 2.05) is 13.8 Å². The summed E-state index contributed by atoms with van der Waals surface area (Å²) in [7, 11) is 0. The van der Waals surface area contributed by atoms with Crippen LogP contribution in [0.25, 0.3) is 0 Å². The van der Waals surface area contributed by atoms with Crippen molar-refractivity contribution in [1.29, 1.82) is 0 Å². The van der Waals surface area contributed by atoms with Crippen molar-refractivity contribution in [2.75, 3.05) is 19.6 Å². The maximum atomic E-state index is 6.41. The second kappa shape index (κ2) is 12.6. The second-order valence-electron chi connectivity index (χ2n) is 7.54. The summed E-state index contributed by atoms with van der Waals surface area (Å²) in [6.45, 7) is 16.2. The minimum Gasteiger partial charge on any atom is -0.470 e. The largest absolute Gasteiger partial charge is 0.470 e. The fourth-order valence-corrected chi connectivity index (χ4v) is 3.77. The third-order valence-electron chi connectivity index (χ3n) is 5.07. The Morgan fingerprint density at radius 2 is 1.64 bits per heavy atom. The predicted molar refractivity (Wildman–Crippen MR) is 107 cm³/mol. The molecule has 0 aromatic heterocycles. The fraction of sp³-hybridized carbons (Fsp3) is 0.952. The van der Waals surface area contributed by atoms with E-state index in [0.717, 1.165) is 38.1 Å². The highest BCUT2D eigenvalue weighted by Crippen LogP contribution is 2.26. The van der Waals surface area contributed by atoms with Crippen LogP contribution in [-0.2, 0) is 9.57 Å². The van der Waals surface area contributed by atoms with Gasteiger partial charge in [-0.1, -0.05) is 66.0 Å². The smallest absolute Gasteiger partial charge is 0.229 e. The Hall–Kier alpha value is -0.770. The SMILES string of the molecule is CC.CCCC(CCC)C1=NOC(C(C)C)C(CN2CCCCC2)O1. The van der Waals surface area contributed by atoms with E-state index >= 15 is 0 Å². The molecule has 1 fully saturated rings. The Kier molecular flexibility index (Phi) is 11.2. The van der Waals surface area contributed by atoms with Crippen molar-refractivity contribution < 1.29 is 9.57 Å². The van der Waals surface area contributed by atoms with Crippen LogP contribution < -0.4 is 0 Å². The summed E-state index contributed by atoms with van der Waals surface area (Å²) in [5, 5.41) is 4.39. The van der Waals surface area contributed by atoms with Crippen LogP contribution in [0.5, 0.6) is 0 Å². The number of hydrogen-bond acceptors (Lipinski definition) is 4. The van der Waals surface area contributed by atoms with Gasteiger partial charge in [-0.15, -0.1) is 0 Å². The Balaban J connectivity index is 0.00000151. The maximum Gasteiger partial charge on any atom is 0.229 e. The third kappa shape index (κ3) is 7.16. The van der Waals surface area contributed by atoms with Gasteiger partial charge in [0.25, 0.3) is 0 Å². The molecule has 148 valence electrons. The first-order valence-corrected chi connectivity index (χ1v) is 10.8. The van der Waals surface area contributed by atoms with Gasteiger partial charge in [-0.3, -0.25) is 4.90 Å². The summed E-state index contributed by atoms with van der Waals surface area (Å²) in [5.41, 5.74) is 0. The van der Waals surface area contributed by atoms with E-state index in [-0.39, 0.29) is 12.2 Å². The van der Waals surface area contributed by atoms with E-state index in [2.05, 4.69) is 37.8 Å². The molecule has 0 saturated carbocycles. The zero-order chi connectivity index (χ0) is 18.7. The Labute approximate surface area is 156 Å². The normalized spacial score (nSPS) is 24.2. The molecule has 2 atom stereocenters. The highest BCUT2D eigenvalue weighted by Gasteiger charge is 2.36. The molecule has 25 heavy (non-hydrogen) atoms.